The maximum atomic E-state index is 2.64. The van der Waals surface area contributed by atoms with E-state index in [1.165, 1.54) is 45.0 Å². The molecule has 0 spiro atoms. The summed E-state index contributed by atoms with van der Waals surface area (Å²) < 4.78 is 0. The van der Waals surface area contributed by atoms with E-state index in [1.807, 2.05) is 0 Å². The summed E-state index contributed by atoms with van der Waals surface area (Å²) in [6.07, 6.45) is 3.66. The second-order valence-corrected chi connectivity index (χ2v) is 9.84. The molecule has 2 aliphatic heterocycles. The first kappa shape index (κ1) is 21.0. The fourth-order valence-electron chi connectivity index (χ4n) is 6.29. The van der Waals surface area contributed by atoms with Crippen molar-refractivity contribution < 1.29 is 0 Å². The average Bonchev–Trinajstić information content (AvgIpc) is 3.24. The third-order valence-corrected chi connectivity index (χ3v) is 8.20. The van der Waals surface area contributed by atoms with E-state index in [9.17, 15) is 0 Å². The van der Waals surface area contributed by atoms with Crippen LogP contribution in [0, 0.1) is 12.3 Å². The molecule has 0 amide bonds. The Kier molecular flexibility index (Phi) is 4.99. The van der Waals surface area contributed by atoms with Gasteiger partial charge in [-0.15, -0.1) is 0 Å². The van der Waals surface area contributed by atoms with Crippen LogP contribution in [-0.4, -0.2) is 6.17 Å². The van der Waals surface area contributed by atoms with Crippen LogP contribution in [0.4, 0.5) is 22.7 Å². The predicted molar refractivity (Wildman–Crippen MR) is 144 cm³/mol. The number of para-hydroxylation sites is 3. The molecule has 4 aromatic carbocycles. The number of fused-ring (bicyclic) bond motifs is 5. The molecule has 2 nitrogen and oxygen atoms in total. The summed E-state index contributed by atoms with van der Waals surface area (Å²) in [4.78, 5) is 5.27. The lowest BCUT2D eigenvalue weighted by atomic mass is 9.70. The summed E-state index contributed by atoms with van der Waals surface area (Å²) in [7, 11) is 0. The van der Waals surface area contributed by atoms with Crippen LogP contribution in [0.2, 0.25) is 0 Å². The van der Waals surface area contributed by atoms with Crippen LogP contribution >= 0.6 is 0 Å². The Morgan fingerprint density at radius 1 is 0.647 bits per heavy atom. The lowest BCUT2D eigenvalue weighted by molar-refractivity contribution is 0.197. The molecule has 0 saturated carbocycles. The van der Waals surface area contributed by atoms with Crippen LogP contribution < -0.4 is 9.80 Å². The van der Waals surface area contributed by atoms with Crippen molar-refractivity contribution >= 4 is 22.7 Å². The van der Waals surface area contributed by atoms with Gasteiger partial charge in [0.15, 0.2) is 0 Å². The Labute approximate surface area is 203 Å². The first-order valence-electron chi connectivity index (χ1n) is 12.6. The number of hydrogen-bond donors (Lipinski definition) is 0. The van der Waals surface area contributed by atoms with E-state index in [1.54, 1.807) is 0 Å². The maximum Gasteiger partial charge on any atom is 0.117 e. The van der Waals surface area contributed by atoms with Crippen molar-refractivity contribution in [3.8, 4) is 11.1 Å². The minimum atomic E-state index is 0.165. The molecular formula is C32H32N2. The summed E-state index contributed by atoms with van der Waals surface area (Å²) in [5.74, 6) is 0. The van der Waals surface area contributed by atoms with E-state index >= 15 is 0 Å². The molecule has 34 heavy (non-hydrogen) atoms. The van der Waals surface area contributed by atoms with E-state index in [4.69, 9.17) is 0 Å². The summed E-state index contributed by atoms with van der Waals surface area (Å²) in [5.41, 5.74) is 10.8. The zero-order valence-corrected chi connectivity index (χ0v) is 20.3. The summed E-state index contributed by atoms with van der Waals surface area (Å²) in [6.45, 7) is 7.02. The zero-order chi connectivity index (χ0) is 23.3. The molecule has 2 heterocycles. The zero-order valence-electron chi connectivity index (χ0n) is 20.3. The molecule has 2 heteroatoms. The fraction of sp³-hybridized carbons (Fsp3) is 0.250. The van der Waals surface area contributed by atoms with Gasteiger partial charge in [0.2, 0.25) is 0 Å². The number of aryl methyl sites for hydroxylation is 1. The van der Waals surface area contributed by atoms with Gasteiger partial charge < -0.3 is 9.80 Å². The molecule has 0 radical (unpaired) electrons. The quantitative estimate of drug-likeness (QED) is 0.311. The highest BCUT2D eigenvalue weighted by molar-refractivity contribution is 5.91. The molecule has 0 saturated heterocycles. The second kappa shape index (κ2) is 8.06. The topological polar surface area (TPSA) is 6.48 Å². The Hall–Kier alpha value is -3.52. The number of benzene rings is 4. The normalized spacial score (nSPS) is 17.8. The van der Waals surface area contributed by atoms with Gasteiger partial charge in [0.05, 0.1) is 11.4 Å². The highest BCUT2D eigenvalue weighted by Gasteiger charge is 2.52. The number of anilines is 4. The summed E-state index contributed by atoms with van der Waals surface area (Å²) in [5, 5.41) is 0. The Balaban J connectivity index is 1.56. The lowest BCUT2D eigenvalue weighted by Crippen LogP contribution is -2.55. The van der Waals surface area contributed by atoms with E-state index in [0.717, 1.165) is 19.3 Å². The molecule has 1 atom stereocenters. The molecule has 4 aromatic rings. The van der Waals surface area contributed by atoms with Crippen LogP contribution in [0.25, 0.3) is 11.1 Å². The van der Waals surface area contributed by atoms with E-state index in [-0.39, 0.29) is 11.6 Å². The lowest BCUT2D eigenvalue weighted by Gasteiger charge is -2.51. The van der Waals surface area contributed by atoms with Gasteiger partial charge in [0.25, 0.3) is 0 Å². The van der Waals surface area contributed by atoms with Gasteiger partial charge in [-0.3, -0.25) is 0 Å². The van der Waals surface area contributed by atoms with Crippen LogP contribution in [0.1, 0.15) is 37.8 Å². The highest BCUT2D eigenvalue weighted by Crippen LogP contribution is 2.58. The molecule has 0 N–H and O–H groups in total. The molecule has 0 aromatic heterocycles. The van der Waals surface area contributed by atoms with Gasteiger partial charge in [-0.05, 0) is 78.8 Å². The highest BCUT2D eigenvalue weighted by atomic mass is 15.4. The fourth-order valence-corrected chi connectivity index (χ4v) is 6.29. The van der Waals surface area contributed by atoms with Crippen molar-refractivity contribution in [3.63, 3.8) is 0 Å². The third kappa shape index (κ3) is 3.01. The first-order chi connectivity index (χ1) is 16.7. The molecule has 6 rings (SSSR count). The molecule has 2 aliphatic rings. The molecule has 170 valence electrons. The van der Waals surface area contributed by atoms with Gasteiger partial charge in [0, 0.05) is 16.8 Å². The van der Waals surface area contributed by atoms with E-state index in [0.29, 0.717) is 0 Å². The third-order valence-electron chi connectivity index (χ3n) is 8.20. The largest absolute Gasteiger partial charge is 0.317 e. The van der Waals surface area contributed by atoms with Gasteiger partial charge >= 0.3 is 0 Å². The minimum absolute atomic E-state index is 0.165. The van der Waals surface area contributed by atoms with E-state index < -0.39 is 0 Å². The van der Waals surface area contributed by atoms with Gasteiger partial charge in [-0.25, -0.2) is 0 Å². The van der Waals surface area contributed by atoms with Gasteiger partial charge in [-0.2, -0.15) is 0 Å². The monoisotopic (exact) mass is 444 g/mol. The smallest absolute Gasteiger partial charge is 0.117 e. The average molecular weight is 445 g/mol. The number of nitrogens with zero attached hydrogens (tertiary/aromatic N) is 2. The molecule has 0 bridgehead atoms. The number of hydrogen-bond acceptors (Lipinski definition) is 2. The molecule has 0 aliphatic carbocycles. The Morgan fingerprint density at radius 3 is 1.88 bits per heavy atom. The Morgan fingerprint density at radius 2 is 1.24 bits per heavy atom. The van der Waals surface area contributed by atoms with Crippen molar-refractivity contribution in [1.82, 2.24) is 0 Å². The van der Waals surface area contributed by atoms with Gasteiger partial charge in [-0.1, -0.05) is 80.6 Å². The number of rotatable bonds is 4. The molecular weight excluding hydrogens is 412 g/mol. The summed E-state index contributed by atoms with van der Waals surface area (Å²) >= 11 is 0. The minimum Gasteiger partial charge on any atom is -0.317 e. The van der Waals surface area contributed by atoms with Crippen LogP contribution in [0.15, 0.2) is 97.1 Å². The van der Waals surface area contributed by atoms with Gasteiger partial charge in [0.1, 0.15) is 6.17 Å². The Bertz CT molecular complexity index is 1340. The standard InChI is InChI=1S/C32H32N2/c1-4-32(5-2)22-26-15-9-10-16-28(26)34-30-18-12-11-17-29(30)33(31(32)34)27-20-19-25(21-23(27)3)24-13-7-6-8-14-24/h6-21,31H,4-5,22H2,1-3H3. The maximum absolute atomic E-state index is 2.64. The molecule has 0 fully saturated rings. The first-order valence-corrected chi connectivity index (χ1v) is 12.6. The van der Waals surface area contributed by atoms with Crippen molar-refractivity contribution in [3.05, 3.63) is 108 Å². The predicted octanol–water partition coefficient (Wildman–Crippen LogP) is 8.64. The van der Waals surface area contributed by atoms with Crippen molar-refractivity contribution in [2.75, 3.05) is 9.80 Å². The van der Waals surface area contributed by atoms with Crippen molar-refractivity contribution in [1.29, 1.82) is 0 Å². The van der Waals surface area contributed by atoms with Crippen LogP contribution in [-0.2, 0) is 6.42 Å². The van der Waals surface area contributed by atoms with Crippen molar-refractivity contribution in [2.24, 2.45) is 5.41 Å². The second-order valence-electron chi connectivity index (χ2n) is 9.84. The molecule has 1 unspecified atom stereocenters. The SMILES string of the molecule is CCC1(CC)Cc2ccccc2N2c3ccccc3N(c3ccc(-c4ccccc4)cc3C)C21. The summed E-state index contributed by atoms with van der Waals surface area (Å²) in [6, 6.07) is 35.7. The van der Waals surface area contributed by atoms with Crippen LogP contribution in [0.3, 0.4) is 0 Å². The van der Waals surface area contributed by atoms with Crippen LogP contribution in [0.5, 0.6) is 0 Å². The van der Waals surface area contributed by atoms with E-state index in [2.05, 4.69) is 128 Å². The van der Waals surface area contributed by atoms with Crippen molar-refractivity contribution in [2.45, 2.75) is 46.2 Å².